The zero-order valence-electron chi connectivity index (χ0n) is 9.16. The Kier molecular flexibility index (Phi) is 4.84. The highest BCUT2D eigenvalue weighted by atomic mass is 16.5. The molecule has 3 nitrogen and oxygen atoms in total. The van der Waals surface area contributed by atoms with Crippen LogP contribution in [0.4, 0.5) is 0 Å². The maximum Gasteiger partial charge on any atom is 0.311 e. The topological polar surface area (TPSA) is 35.5 Å². The van der Waals surface area contributed by atoms with Crippen LogP contribution < -0.4 is 4.74 Å². The first kappa shape index (κ1) is 11.7. The van der Waals surface area contributed by atoms with Crippen LogP contribution in [0.2, 0.25) is 0 Å². The molecule has 0 N–H and O–H groups in total. The number of benzene rings is 1. The molecular formula is C12H16O3. The van der Waals surface area contributed by atoms with E-state index in [1.165, 1.54) is 0 Å². The molecule has 3 heteroatoms. The SMILES string of the molecule is COCCCC(=O)Oc1ccc(C)cc1. The molecule has 0 bridgehead atoms. The van der Waals surface area contributed by atoms with Crippen LogP contribution in [0.25, 0.3) is 0 Å². The molecule has 0 aliphatic heterocycles. The van der Waals surface area contributed by atoms with E-state index in [-0.39, 0.29) is 5.97 Å². The molecule has 0 radical (unpaired) electrons. The number of aryl methyl sites for hydroxylation is 1. The lowest BCUT2D eigenvalue weighted by atomic mass is 10.2. The van der Waals surface area contributed by atoms with E-state index in [1.54, 1.807) is 19.2 Å². The van der Waals surface area contributed by atoms with Gasteiger partial charge in [-0.1, -0.05) is 17.7 Å². The summed E-state index contributed by atoms with van der Waals surface area (Å²) in [5.74, 6) is 0.388. The molecule has 1 aromatic rings. The minimum Gasteiger partial charge on any atom is -0.427 e. The first-order chi connectivity index (χ1) is 7.22. The van der Waals surface area contributed by atoms with Gasteiger partial charge in [0.25, 0.3) is 0 Å². The van der Waals surface area contributed by atoms with Crippen LogP contribution in [0.5, 0.6) is 5.75 Å². The molecule has 0 fully saturated rings. The molecule has 0 saturated carbocycles. The van der Waals surface area contributed by atoms with Gasteiger partial charge in [-0.05, 0) is 25.5 Å². The Morgan fingerprint density at radius 2 is 1.93 bits per heavy atom. The quantitative estimate of drug-likeness (QED) is 0.423. The second kappa shape index (κ2) is 6.19. The van der Waals surface area contributed by atoms with Crippen LogP contribution in [0.3, 0.4) is 0 Å². The van der Waals surface area contributed by atoms with Gasteiger partial charge in [0.1, 0.15) is 5.75 Å². The van der Waals surface area contributed by atoms with Crippen molar-refractivity contribution in [1.82, 2.24) is 0 Å². The predicted molar refractivity (Wildman–Crippen MR) is 57.9 cm³/mol. The first-order valence-corrected chi connectivity index (χ1v) is 4.98. The molecule has 1 aromatic carbocycles. The summed E-state index contributed by atoms with van der Waals surface area (Å²) in [6.45, 7) is 2.58. The molecule has 0 spiro atoms. The highest BCUT2D eigenvalue weighted by molar-refractivity contribution is 5.72. The van der Waals surface area contributed by atoms with E-state index in [9.17, 15) is 4.79 Å². The molecule has 0 unspecified atom stereocenters. The normalized spacial score (nSPS) is 10.0. The van der Waals surface area contributed by atoms with Crippen molar-refractivity contribution in [3.8, 4) is 5.75 Å². The van der Waals surface area contributed by atoms with Gasteiger partial charge in [0.2, 0.25) is 0 Å². The number of ether oxygens (including phenoxy) is 2. The third-order valence-corrected chi connectivity index (χ3v) is 1.98. The van der Waals surface area contributed by atoms with Crippen LogP contribution in [0, 0.1) is 6.92 Å². The smallest absolute Gasteiger partial charge is 0.311 e. The minimum atomic E-state index is -0.212. The maximum atomic E-state index is 11.3. The summed E-state index contributed by atoms with van der Waals surface area (Å²) in [7, 11) is 1.62. The summed E-state index contributed by atoms with van der Waals surface area (Å²) < 4.78 is 9.97. The monoisotopic (exact) mass is 208 g/mol. The Morgan fingerprint density at radius 1 is 1.27 bits per heavy atom. The molecule has 15 heavy (non-hydrogen) atoms. The van der Waals surface area contributed by atoms with Crippen molar-refractivity contribution in [1.29, 1.82) is 0 Å². The number of esters is 1. The van der Waals surface area contributed by atoms with E-state index < -0.39 is 0 Å². The Bertz CT molecular complexity index is 303. The van der Waals surface area contributed by atoms with Gasteiger partial charge in [0.05, 0.1) is 0 Å². The highest BCUT2D eigenvalue weighted by Crippen LogP contribution is 2.12. The Labute approximate surface area is 90.0 Å². The van der Waals surface area contributed by atoms with Crippen LogP contribution in [0.1, 0.15) is 18.4 Å². The maximum absolute atomic E-state index is 11.3. The number of methoxy groups -OCH3 is 1. The summed E-state index contributed by atoms with van der Waals surface area (Å²) in [4.78, 5) is 11.3. The summed E-state index contributed by atoms with van der Waals surface area (Å²) in [5, 5.41) is 0. The average molecular weight is 208 g/mol. The third-order valence-electron chi connectivity index (χ3n) is 1.98. The fourth-order valence-corrected chi connectivity index (χ4v) is 1.15. The second-order valence-electron chi connectivity index (χ2n) is 3.38. The Balaban J connectivity index is 2.34. The van der Waals surface area contributed by atoms with Gasteiger partial charge in [-0.15, -0.1) is 0 Å². The molecule has 82 valence electrons. The van der Waals surface area contributed by atoms with Gasteiger partial charge in [0.15, 0.2) is 0 Å². The number of rotatable bonds is 5. The molecule has 0 aromatic heterocycles. The van der Waals surface area contributed by atoms with Crippen molar-refractivity contribution in [3.63, 3.8) is 0 Å². The zero-order valence-corrected chi connectivity index (χ0v) is 9.16. The molecule has 0 atom stereocenters. The molecular weight excluding hydrogens is 192 g/mol. The molecule has 0 heterocycles. The number of hydrogen-bond acceptors (Lipinski definition) is 3. The summed E-state index contributed by atoms with van der Waals surface area (Å²) >= 11 is 0. The zero-order chi connectivity index (χ0) is 11.1. The molecule has 0 amide bonds. The van der Waals surface area contributed by atoms with Gasteiger partial charge in [-0.25, -0.2) is 0 Å². The standard InChI is InChI=1S/C12H16O3/c1-10-5-7-11(8-6-10)15-12(13)4-3-9-14-2/h5-8H,3-4,9H2,1-2H3. The molecule has 0 aliphatic rings. The van der Waals surface area contributed by atoms with Crippen molar-refractivity contribution in [2.45, 2.75) is 19.8 Å². The fraction of sp³-hybridized carbons (Fsp3) is 0.417. The Hall–Kier alpha value is -1.35. The second-order valence-corrected chi connectivity index (χ2v) is 3.38. The lowest BCUT2D eigenvalue weighted by molar-refractivity contribution is -0.134. The summed E-state index contributed by atoms with van der Waals surface area (Å²) in [5.41, 5.74) is 1.15. The van der Waals surface area contributed by atoms with Crippen LogP contribution >= 0.6 is 0 Å². The van der Waals surface area contributed by atoms with Crippen LogP contribution in [0.15, 0.2) is 24.3 Å². The lowest BCUT2D eigenvalue weighted by Gasteiger charge is -2.04. The minimum absolute atomic E-state index is 0.212. The molecule has 0 saturated heterocycles. The van der Waals surface area contributed by atoms with E-state index >= 15 is 0 Å². The van der Waals surface area contributed by atoms with Crippen LogP contribution in [-0.2, 0) is 9.53 Å². The van der Waals surface area contributed by atoms with E-state index in [0.29, 0.717) is 25.2 Å². The number of carbonyl (C=O) groups excluding carboxylic acids is 1. The van der Waals surface area contributed by atoms with Crippen molar-refractivity contribution in [2.75, 3.05) is 13.7 Å². The number of carbonyl (C=O) groups is 1. The van der Waals surface area contributed by atoms with E-state index in [1.807, 2.05) is 19.1 Å². The fourth-order valence-electron chi connectivity index (χ4n) is 1.15. The average Bonchev–Trinajstić information content (AvgIpc) is 2.22. The Morgan fingerprint density at radius 3 is 2.53 bits per heavy atom. The van der Waals surface area contributed by atoms with Crippen molar-refractivity contribution >= 4 is 5.97 Å². The lowest BCUT2D eigenvalue weighted by Crippen LogP contribution is -2.08. The van der Waals surface area contributed by atoms with E-state index in [0.717, 1.165) is 5.56 Å². The van der Waals surface area contributed by atoms with E-state index in [2.05, 4.69) is 0 Å². The summed E-state index contributed by atoms with van der Waals surface area (Å²) in [6, 6.07) is 7.42. The predicted octanol–water partition coefficient (Wildman–Crippen LogP) is 2.33. The van der Waals surface area contributed by atoms with Crippen molar-refractivity contribution < 1.29 is 14.3 Å². The molecule has 0 aliphatic carbocycles. The van der Waals surface area contributed by atoms with Gasteiger partial charge in [-0.2, -0.15) is 0 Å². The third kappa shape index (κ3) is 4.61. The van der Waals surface area contributed by atoms with Gasteiger partial charge >= 0.3 is 5.97 Å². The van der Waals surface area contributed by atoms with Gasteiger partial charge in [-0.3, -0.25) is 4.79 Å². The van der Waals surface area contributed by atoms with E-state index in [4.69, 9.17) is 9.47 Å². The van der Waals surface area contributed by atoms with Crippen LogP contribution in [-0.4, -0.2) is 19.7 Å². The largest absolute Gasteiger partial charge is 0.427 e. The van der Waals surface area contributed by atoms with Gasteiger partial charge in [0, 0.05) is 20.1 Å². The van der Waals surface area contributed by atoms with Crippen molar-refractivity contribution in [2.24, 2.45) is 0 Å². The van der Waals surface area contributed by atoms with Gasteiger partial charge < -0.3 is 9.47 Å². The summed E-state index contributed by atoms with van der Waals surface area (Å²) in [6.07, 6.45) is 1.09. The molecule has 1 rings (SSSR count). The first-order valence-electron chi connectivity index (χ1n) is 4.98. The number of hydrogen-bond donors (Lipinski definition) is 0. The highest BCUT2D eigenvalue weighted by Gasteiger charge is 2.03. The van der Waals surface area contributed by atoms with Crippen molar-refractivity contribution in [3.05, 3.63) is 29.8 Å².